The van der Waals surface area contributed by atoms with Crippen LogP contribution in [-0.2, 0) is 0 Å². The van der Waals surface area contributed by atoms with Crippen molar-refractivity contribution in [3.05, 3.63) is 54.2 Å². The van der Waals surface area contributed by atoms with E-state index in [0.717, 1.165) is 12.8 Å². The molecule has 1 saturated heterocycles. The van der Waals surface area contributed by atoms with Crippen molar-refractivity contribution in [2.75, 3.05) is 25.0 Å². The third-order valence-electron chi connectivity index (χ3n) is 4.27. The van der Waals surface area contributed by atoms with Gasteiger partial charge in [0.05, 0.1) is 18.2 Å². The van der Waals surface area contributed by atoms with E-state index in [1.54, 1.807) is 30.5 Å². The van der Waals surface area contributed by atoms with Crippen LogP contribution >= 0.6 is 0 Å². The van der Waals surface area contributed by atoms with Gasteiger partial charge in [0, 0.05) is 31.0 Å². The lowest BCUT2D eigenvalue weighted by molar-refractivity contribution is 0.150. The highest BCUT2D eigenvalue weighted by Gasteiger charge is 2.23. The molecule has 0 radical (unpaired) electrons. The minimum atomic E-state index is -0.103. The zero-order valence-electron chi connectivity index (χ0n) is 13.9. The van der Waals surface area contributed by atoms with E-state index in [2.05, 4.69) is 16.4 Å². The molecule has 25 heavy (non-hydrogen) atoms. The molecule has 6 nitrogen and oxygen atoms in total. The molecule has 3 rings (SSSR count). The first kappa shape index (κ1) is 16.8. The summed E-state index contributed by atoms with van der Waals surface area (Å²) in [6.07, 6.45) is 3.53. The molecule has 2 amide bonds. The molecule has 0 saturated carbocycles. The van der Waals surface area contributed by atoms with Crippen molar-refractivity contribution in [3.8, 4) is 11.9 Å². The quantitative estimate of drug-likeness (QED) is 0.929. The van der Waals surface area contributed by atoms with Crippen molar-refractivity contribution in [1.29, 1.82) is 5.26 Å². The van der Waals surface area contributed by atoms with Gasteiger partial charge < -0.3 is 15.0 Å². The summed E-state index contributed by atoms with van der Waals surface area (Å²) in [5.41, 5.74) is 1.27. The Labute approximate surface area is 147 Å². The number of piperidine rings is 1. The van der Waals surface area contributed by atoms with Gasteiger partial charge in [-0.3, -0.25) is 0 Å². The summed E-state index contributed by atoms with van der Waals surface area (Å²) in [5, 5.41) is 11.7. The van der Waals surface area contributed by atoms with E-state index in [9.17, 15) is 4.79 Å². The summed E-state index contributed by atoms with van der Waals surface area (Å²) >= 11 is 0. The van der Waals surface area contributed by atoms with Crippen LogP contribution in [0.15, 0.2) is 48.7 Å². The number of ether oxygens (including phenoxy) is 1. The zero-order valence-corrected chi connectivity index (χ0v) is 13.9. The Kier molecular flexibility index (Phi) is 5.47. The second-order valence-corrected chi connectivity index (χ2v) is 6.03. The fourth-order valence-electron chi connectivity index (χ4n) is 2.77. The van der Waals surface area contributed by atoms with Crippen molar-refractivity contribution in [3.63, 3.8) is 0 Å². The number of urea groups is 1. The summed E-state index contributed by atoms with van der Waals surface area (Å²) in [5.74, 6) is 1.07. The van der Waals surface area contributed by atoms with Gasteiger partial charge in [0.15, 0.2) is 0 Å². The predicted molar refractivity (Wildman–Crippen MR) is 94.2 cm³/mol. The maximum absolute atomic E-state index is 12.3. The second kappa shape index (κ2) is 8.15. The number of amides is 2. The van der Waals surface area contributed by atoms with Crippen LogP contribution in [0, 0.1) is 17.2 Å². The Morgan fingerprint density at radius 2 is 2.00 bits per heavy atom. The lowest BCUT2D eigenvalue weighted by atomic mass is 9.98. The average molecular weight is 336 g/mol. The first-order valence-electron chi connectivity index (χ1n) is 8.34. The Balaban J connectivity index is 1.43. The molecule has 2 heterocycles. The molecule has 0 spiro atoms. The highest BCUT2D eigenvalue weighted by Crippen LogP contribution is 2.19. The van der Waals surface area contributed by atoms with Crippen molar-refractivity contribution in [2.45, 2.75) is 12.8 Å². The number of nitrogens with zero attached hydrogens (tertiary/aromatic N) is 3. The van der Waals surface area contributed by atoms with Gasteiger partial charge in [-0.2, -0.15) is 5.26 Å². The molecule has 0 unspecified atom stereocenters. The smallest absolute Gasteiger partial charge is 0.321 e. The van der Waals surface area contributed by atoms with Gasteiger partial charge in [-0.1, -0.05) is 6.07 Å². The number of rotatable bonds is 4. The molecular weight excluding hydrogens is 316 g/mol. The summed E-state index contributed by atoms with van der Waals surface area (Å²) in [4.78, 5) is 18.3. The fourth-order valence-corrected chi connectivity index (χ4v) is 2.77. The SMILES string of the molecule is N#Cc1ccc(NC(=O)N2CCC(COc3ccccn3)CC2)cc1. The van der Waals surface area contributed by atoms with Crippen LogP contribution in [0.2, 0.25) is 0 Å². The molecule has 1 aliphatic rings. The minimum absolute atomic E-state index is 0.103. The second-order valence-electron chi connectivity index (χ2n) is 6.03. The number of carbonyl (C=O) groups excluding carboxylic acids is 1. The summed E-state index contributed by atoms with van der Waals surface area (Å²) in [6.45, 7) is 2.04. The van der Waals surface area contributed by atoms with Crippen LogP contribution in [0.1, 0.15) is 18.4 Å². The third-order valence-corrected chi connectivity index (χ3v) is 4.27. The lowest BCUT2D eigenvalue weighted by Gasteiger charge is -2.31. The number of nitriles is 1. The van der Waals surface area contributed by atoms with Crippen LogP contribution in [0.3, 0.4) is 0 Å². The third kappa shape index (κ3) is 4.70. The van der Waals surface area contributed by atoms with E-state index >= 15 is 0 Å². The summed E-state index contributed by atoms with van der Waals surface area (Å²) in [7, 11) is 0. The van der Waals surface area contributed by atoms with Gasteiger partial charge in [0.1, 0.15) is 0 Å². The summed E-state index contributed by atoms with van der Waals surface area (Å²) in [6, 6.07) is 14.4. The van der Waals surface area contributed by atoms with Crippen LogP contribution in [-0.4, -0.2) is 35.6 Å². The number of likely N-dealkylation sites (tertiary alicyclic amines) is 1. The van der Waals surface area contributed by atoms with Crippen LogP contribution in [0.4, 0.5) is 10.5 Å². The number of aromatic nitrogens is 1. The molecule has 0 bridgehead atoms. The monoisotopic (exact) mass is 336 g/mol. The first-order chi connectivity index (χ1) is 12.2. The van der Waals surface area contributed by atoms with Gasteiger partial charge in [-0.05, 0) is 49.1 Å². The number of nitrogens with one attached hydrogen (secondary N) is 1. The predicted octanol–water partition coefficient (Wildman–Crippen LogP) is 3.28. The van der Waals surface area contributed by atoms with Gasteiger partial charge in [-0.15, -0.1) is 0 Å². The summed E-state index contributed by atoms with van der Waals surface area (Å²) < 4.78 is 5.70. The fraction of sp³-hybridized carbons (Fsp3) is 0.316. The van der Waals surface area contributed by atoms with Crippen LogP contribution < -0.4 is 10.1 Å². The highest BCUT2D eigenvalue weighted by molar-refractivity contribution is 5.89. The van der Waals surface area contributed by atoms with E-state index in [1.807, 2.05) is 23.1 Å². The molecule has 2 aromatic rings. The Morgan fingerprint density at radius 1 is 1.24 bits per heavy atom. The Morgan fingerprint density at radius 3 is 2.64 bits per heavy atom. The van der Waals surface area contributed by atoms with Gasteiger partial charge in [0.2, 0.25) is 5.88 Å². The molecule has 0 atom stereocenters. The molecular formula is C19H20N4O2. The highest BCUT2D eigenvalue weighted by atomic mass is 16.5. The minimum Gasteiger partial charge on any atom is -0.477 e. The molecule has 1 aromatic carbocycles. The molecule has 1 aliphatic heterocycles. The topological polar surface area (TPSA) is 78.2 Å². The first-order valence-corrected chi connectivity index (χ1v) is 8.34. The van der Waals surface area contributed by atoms with Gasteiger partial charge in [-0.25, -0.2) is 9.78 Å². The van der Waals surface area contributed by atoms with Crippen LogP contribution in [0.25, 0.3) is 0 Å². The molecule has 1 aromatic heterocycles. The number of hydrogen-bond acceptors (Lipinski definition) is 4. The Hall–Kier alpha value is -3.07. The number of anilines is 1. The zero-order chi connectivity index (χ0) is 17.5. The maximum Gasteiger partial charge on any atom is 0.321 e. The van der Waals surface area contributed by atoms with Crippen LogP contribution in [0.5, 0.6) is 5.88 Å². The molecule has 0 aliphatic carbocycles. The molecule has 1 fully saturated rings. The van der Waals surface area contributed by atoms with E-state index in [0.29, 0.717) is 42.7 Å². The standard InChI is InChI=1S/C19H20N4O2/c20-13-15-4-6-17(7-5-15)22-19(24)23-11-8-16(9-12-23)14-25-18-3-1-2-10-21-18/h1-7,10,16H,8-9,11-12,14H2,(H,22,24). The van der Waals surface area contributed by atoms with Crippen molar-refractivity contribution >= 4 is 11.7 Å². The van der Waals surface area contributed by atoms with E-state index in [1.165, 1.54) is 0 Å². The number of hydrogen-bond donors (Lipinski definition) is 1. The normalized spacial score (nSPS) is 14.6. The van der Waals surface area contributed by atoms with E-state index in [4.69, 9.17) is 10.00 Å². The largest absolute Gasteiger partial charge is 0.477 e. The van der Waals surface area contributed by atoms with E-state index < -0.39 is 0 Å². The van der Waals surface area contributed by atoms with Crippen molar-refractivity contribution in [2.24, 2.45) is 5.92 Å². The van der Waals surface area contributed by atoms with Crippen molar-refractivity contribution in [1.82, 2.24) is 9.88 Å². The molecule has 128 valence electrons. The average Bonchev–Trinajstić information content (AvgIpc) is 2.68. The van der Waals surface area contributed by atoms with Gasteiger partial charge in [0.25, 0.3) is 0 Å². The lowest BCUT2D eigenvalue weighted by Crippen LogP contribution is -2.42. The number of carbonyl (C=O) groups is 1. The maximum atomic E-state index is 12.3. The number of pyridine rings is 1. The number of benzene rings is 1. The molecule has 1 N–H and O–H groups in total. The molecule has 6 heteroatoms. The Bertz CT molecular complexity index is 732. The van der Waals surface area contributed by atoms with Gasteiger partial charge >= 0.3 is 6.03 Å². The van der Waals surface area contributed by atoms with E-state index in [-0.39, 0.29) is 6.03 Å². The van der Waals surface area contributed by atoms with Crippen molar-refractivity contribution < 1.29 is 9.53 Å².